The van der Waals surface area contributed by atoms with Gasteiger partial charge in [-0.15, -0.1) is 0 Å². The summed E-state index contributed by atoms with van der Waals surface area (Å²) in [5, 5.41) is 5.48. The minimum atomic E-state index is -3.22. The first kappa shape index (κ1) is 19.8. The van der Waals surface area contributed by atoms with Crippen molar-refractivity contribution in [2.75, 3.05) is 31.3 Å². The molecule has 154 valence electrons. The van der Waals surface area contributed by atoms with Gasteiger partial charge in [0.05, 0.1) is 23.7 Å². The smallest absolute Gasteiger partial charge is 0.211 e. The van der Waals surface area contributed by atoms with Crippen molar-refractivity contribution in [3.8, 4) is 5.69 Å². The summed E-state index contributed by atoms with van der Waals surface area (Å²) in [4.78, 5) is 2.26. The van der Waals surface area contributed by atoms with E-state index < -0.39 is 10.0 Å². The van der Waals surface area contributed by atoms with Crippen molar-refractivity contribution in [3.05, 3.63) is 54.0 Å². The molecule has 29 heavy (non-hydrogen) atoms. The molecule has 1 aliphatic rings. The predicted octanol–water partition coefficient (Wildman–Crippen LogP) is 3.33. The van der Waals surface area contributed by atoms with E-state index in [0.29, 0.717) is 6.54 Å². The summed E-state index contributed by atoms with van der Waals surface area (Å²) < 4.78 is 40.4. The third kappa shape index (κ3) is 3.86. The molecule has 0 aliphatic carbocycles. The maximum atomic E-state index is 13.3. The number of fused-ring (bicyclic) bond motifs is 1. The standard InChI is InChI=1S/C21H25FN4O2S/c1-15-11-21-16(13-23-26(21)18-8-6-17(22)7-9-18)12-20(15)25-10-4-5-19(14-25)24(2)29(3,27)28/h6-9,11-13,19H,4-5,10,14H2,1-3H3/t19-/m1/s1. The molecule has 4 rings (SSSR count). The van der Waals surface area contributed by atoms with Crippen LogP contribution in [0.15, 0.2) is 42.6 Å². The van der Waals surface area contributed by atoms with Gasteiger partial charge < -0.3 is 4.90 Å². The first-order valence-electron chi connectivity index (χ1n) is 9.66. The van der Waals surface area contributed by atoms with Gasteiger partial charge in [-0.2, -0.15) is 5.10 Å². The van der Waals surface area contributed by atoms with Crippen LogP contribution in [-0.2, 0) is 10.0 Å². The molecule has 0 unspecified atom stereocenters. The molecule has 0 amide bonds. The Balaban J connectivity index is 1.67. The van der Waals surface area contributed by atoms with Crippen molar-refractivity contribution in [1.82, 2.24) is 14.1 Å². The summed E-state index contributed by atoms with van der Waals surface area (Å²) >= 11 is 0. The van der Waals surface area contributed by atoms with Gasteiger partial charge in [-0.3, -0.25) is 0 Å². The average Bonchev–Trinajstić information content (AvgIpc) is 3.09. The second kappa shape index (κ2) is 7.42. The van der Waals surface area contributed by atoms with Crippen LogP contribution in [0.25, 0.3) is 16.6 Å². The van der Waals surface area contributed by atoms with Crippen LogP contribution in [-0.4, -0.2) is 54.9 Å². The fourth-order valence-corrected chi connectivity index (χ4v) is 4.75. The van der Waals surface area contributed by atoms with E-state index in [4.69, 9.17) is 0 Å². The molecule has 1 aromatic heterocycles. The molecule has 1 aliphatic heterocycles. The molecule has 1 atom stereocenters. The number of piperidine rings is 1. The van der Waals surface area contributed by atoms with E-state index in [2.05, 4.69) is 29.1 Å². The van der Waals surface area contributed by atoms with Crippen LogP contribution in [0.4, 0.5) is 10.1 Å². The minimum Gasteiger partial charge on any atom is -0.370 e. The summed E-state index contributed by atoms with van der Waals surface area (Å²) in [5.41, 5.74) is 3.97. The zero-order valence-electron chi connectivity index (χ0n) is 16.8. The largest absolute Gasteiger partial charge is 0.370 e. The third-order valence-corrected chi connectivity index (χ3v) is 7.08. The first-order valence-corrected chi connectivity index (χ1v) is 11.5. The number of benzene rings is 2. The number of nitrogens with zero attached hydrogens (tertiary/aromatic N) is 4. The molecule has 0 radical (unpaired) electrons. The SMILES string of the molecule is Cc1cc2c(cnn2-c2ccc(F)cc2)cc1N1CCC[C@@H](N(C)S(C)(=O)=O)C1. The van der Waals surface area contributed by atoms with Gasteiger partial charge in [0.2, 0.25) is 10.0 Å². The topological polar surface area (TPSA) is 58.4 Å². The highest BCUT2D eigenvalue weighted by molar-refractivity contribution is 7.88. The highest BCUT2D eigenvalue weighted by atomic mass is 32.2. The van der Waals surface area contributed by atoms with Crippen LogP contribution >= 0.6 is 0 Å². The number of hydrogen-bond acceptors (Lipinski definition) is 4. The van der Waals surface area contributed by atoms with E-state index in [1.165, 1.54) is 22.7 Å². The van der Waals surface area contributed by atoms with Crippen molar-refractivity contribution in [2.24, 2.45) is 0 Å². The Kier molecular flexibility index (Phi) is 5.08. The highest BCUT2D eigenvalue weighted by Gasteiger charge is 2.28. The van der Waals surface area contributed by atoms with E-state index in [0.717, 1.165) is 47.2 Å². The van der Waals surface area contributed by atoms with Gasteiger partial charge in [0.1, 0.15) is 5.82 Å². The highest BCUT2D eigenvalue weighted by Crippen LogP contribution is 2.31. The van der Waals surface area contributed by atoms with Gasteiger partial charge in [-0.25, -0.2) is 21.8 Å². The van der Waals surface area contributed by atoms with Crippen LogP contribution < -0.4 is 4.90 Å². The predicted molar refractivity (Wildman–Crippen MR) is 114 cm³/mol. The molecular weight excluding hydrogens is 391 g/mol. The summed E-state index contributed by atoms with van der Waals surface area (Å²) in [6.45, 7) is 3.62. The van der Waals surface area contributed by atoms with Crippen LogP contribution in [0.3, 0.4) is 0 Å². The second-order valence-electron chi connectivity index (χ2n) is 7.75. The van der Waals surface area contributed by atoms with Crippen molar-refractivity contribution < 1.29 is 12.8 Å². The van der Waals surface area contributed by atoms with Gasteiger partial charge in [0.15, 0.2) is 0 Å². The lowest BCUT2D eigenvalue weighted by molar-refractivity contribution is 0.322. The minimum absolute atomic E-state index is 0.0317. The summed E-state index contributed by atoms with van der Waals surface area (Å²) in [7, 11) is -1.56. The quantitative estimate of drug-likeness (QED) is 0.655. The number of halogens is 1. The molecule has 3 aromatic rings. The van der Waals surface area contributed by atoms with Crippen molar-refractivity contribution in [1.29, 1.82) is 0 Å². The molecule has 8 heteroatoms. The zero-order chi connectivity index (χ0) is 20.8. The number of rotatable bonds is 4. The lowest BCUT2D eigenvalue weighted by Crippen LogP contribution is -2.48. The molecule has 1 saturated heterocycles. The van der Waals surface area contributed by atoms with Gasteiger partial charge >= 0.3 is 0 Å². The van der Waals surface area contributed by atoms with E-state index in [-0.39, 0.29) is 11.9 Å². The molecular formula is C21H25FN4O2S. The van der Waals surface area contributed by atoms with Crippen LogP contribution in [0.1, 0.15) is 18.4 Å². The van der Waals surface area contributed by atoms with E-state index in [9.17, 15) is 12.8 Å². The number of anilines is 1. The summed E-state index contributed by atoms with van der Waals surface area (Å²) in [6.07, 6.45) is 4.87. The molecule has 6 nitrogen and oxygen atoms in total. The van der Waals surface area contributed by atoms with Gasteiger partial charge in [-0.1, -0.05) is 0 Å². The molecule has 0 bridgehead atoms. The van der Waals surface area contributed by atoms with Crippen LogP contribution in [0.5, 0.6) is 0 Å². The molecule has 2 aromatic carbocycles. The summed E-state index contributed by atoms with van der Waals surface area (Å²) in [5.74, 6) is -0.276. The number of aromatic nitrogens is 2. The fraction of sp³-hybridized carbons (Fsp3) is 0.381. The Bertz CT molecular complexity index is 1140. The van der Waals surface area contributed by atoms with Gasteiger partial charge in [0, 0.05) is 37.3 Å². The fourth-order valence-electron chi connectivity index (χ4n) is 4.04. The van der Waals surface area contributed by atoms with E-state index in [1.54, 1.807) is 19.2 Å². The van der Waals surface area contributed by atoms with Crippen LogP contribution in [0.2, 0.25) is 0 Å². The molecule has 2 heterocycles. The number of aryl methyl sites for hydroxylation is 1. The monoisotopic (exact) mass is 416 g/mol. The average molecular weight is 417 g/mol. The zero-order valence-corrected chi connectivity index (χ0v) is 17.7. The van der Waals surface area contributed by atoms with Crippen molar-refractivity contribution in [3.63, 3.8) is 0 Å². The molecule has 0 saturated carbocycles. The van der Waals surface area contributed by atoms with Crippen LogP contribution in [0, 0.1) is 12.7 Å². The summed E-state index contributed by atoms with van der Waals surface area (Å²) in [6, 6.07) is 10.4. The molecule has 0 spiro atoms. The van der Waals surface area contributed by atoms with Crippen molar-refractivity contribution >= 4 is 26.6 Å². The van der Waals surface area contributed by atoms with E-state index >= 15 is 0 Å². The molecule has 1 fully saturated rings. The second-order valence-corrected chi connectivity index (χ2v) is 9.79. The van der Waals surface area contributed by atoms with Crippen molar-refractivity contribution in [2.45, 2.75) is 25.8 Å². The van der Waals surface area contributed by atoms with Gasteiger partial charge in [-0.05, 0) is 61.7 Å². The third-order valence-electron chi connectivity index (χ3n) is 5.73. The van der Waals surface area contributed by atoms with E-state index in [1.807, 2.05) is 10.9 Å². The Morgan fingerprint density at radius 1 is 1.21 bits per heavy atom. The number of likely N-dealkylation sites (N-methyl/N-ethyl adjacent to an activating group) is 1. The van der Waals surface area contributed by atoms with Gasteiger partial charge in [0.25, 0.3) is 0 Å². The normalized spacial score (nSPS) is 18.0. The Morgan fingerprint density at radius 3 is 2.62 bits per heavy atom. The Labute approximate surface area is 170 Å². The Morgan fingerprint density at radius 2 is 1.93 bits per heavy atom. The lowest BCUT2D eigenvalue weighted by atomic mass is 10.0. The number of hydrogen-bond donors (Lipinski definition) is 0. The lowest BCUT2D eigenvalue weighted by Gasteiger charge is -2.38. The maximum Gasteiger partial charge on any atom is 0.211 e. The Hall–Kier alpha value is -2.45. The maximum absolute atomic E-state index is 13.3. The molecule has 0 N–H and O–H groups in total. The number of sulfonamides is 1. The first-order chi connectivity index (χ1) is 13.7.